The van der Waals surface area contributed by atoms with E-state index in [1.807, 2.05) is 6.92 Å². The van der Waals surface area contributed by atoms with Crippen LogP contribution in [0, 0.1) is 17.8 Å². The molecule has 4 rings (SSSR count). The van der Waals surface area contributed by atoms with Gasteiger partial charge in [-0.3, -0.25) is 9.59 Å². The lowest BCUT2D eigenvalue weighted by Crippen LogP contribution is -2.59. The van der Waals surface area contributed by atoms with Gasteiger partial charge in [-0.05, 0) is 63.2 Å². The van der Waals surface area contributed by atoms with Crippen molar-refractivity contribution in [1.29, 1.82) is 0 Å². The molecule has 0 aromatic carbocycles. The molecular weight excluding hydrogens is 252 g/mol. The predicted molar refractivity (Wildman–Crippen MR) is 74.8 cm³/mol. The normalized spacial score (nSPS) is 35.2. The highest BCUT2D eigenvalue weighted by molar-refractivity contribution is 5.94. The lowest BCUT2D eigenvalue weighted by molar-refractivity contribution is -0.142. The van der Waals surface area contributed by atoms with Gasteiger partial charge >= 0.3 is 0 Å². The summed E-state index contributed by atoms with van der Waals surface area (Å²) >= 11 is 0. The quantitative estimate of drug-likeness (QED) is 0.849. The average Bonchev–Trinajstić information content (AvgIpc) is 3.30. The minimum atomic E-state index is -0.629. The van der Waals surface area contributed by atoms with Crippen LogP contribution in [0.3, 0.4) is 0 Å². The first kappa shape index (κ1) is 12.7. The highest BCUT2D eigenvalue weighted by atomic mass is 16.2. The van der Waals surface area contributed by atoms with E-state index < -0.39 is 5.54 Å². The third-order valence-corrected chi connectivity index (χ3v) is 5.65. The number of nitrogens with zero attached hydrogens (tertiary/aromatic N) is 1. The fourth-order valence-electron chi connectivity index (χ4n) is 4.02. The molecule has 3 aliphatic carbocycles. The van der Waals surface area contributed by atoms with Gasteiger partial charge in [0.1, 0.15) is 5.54 Å². The molecule has 1 heterocycles. The van der Waals surface area contributed by atoms with Gasteiger partial charge in [-0.15, -0.1) is 0 Å². The number of nitrogens with one attached hydrogen (secondary N) is 1. The molecule has 4 heteroatoms. The number of hydrogen-bond donors (Lipinski definition) is 1. The van der Waals surface area contributed by atoms with E-state index in [1.54, 1.807) is 0 Å². The average molecular weight is 276 g/mol. The number of hydrogen-bond acceptors (Lipinski definition) is 2. The van der Waals surface area contributed by atoms with E-state index >= 15 is 0 Å². The van der Waals surface area contributed by atoms with Gasteiger partial charge in [-0.25, -0.2) is 0 Å². The van der Waals surface area contributed by atoms with E-state index in [-0.39, 0.29) is 11.8 Å². The van der Waals surface area contributed by atoms with Crippen LogP contribution in [0.4, 0.5) is 0 Å². The largest absolute Gasteiger partial charge is 0.342 e. The molecule has 1 saturated heterocycles. The van der Waals surface area contributed by atoms with Crippen LogP contribution in [0.5, 0.6) is 0 Å². The molecule has 1 aliphatic heterocycles. The molecule has 4 aliphatic rings. The van der Waals surface area contributed by atoms with Gasteiger partial charge in [0, 0.05) is 19.0 Å². The van der Waals surface area contributed by atoms with Crippen molar-refractivity contribution < 1.29 is 9.59 Å². The maximum absolute atomic E-state index is 13.1. The van der Waals surface area contributed by atoms with E-state index in [0.29, 0.717) is 36.8 Å². The van der Waals surface area contributed by atoms with E-state index in [9.17, 15) is 9.59 Å². The Bertz CT molecular complexity index is 439. The molecule has 4 nitrogen and oxygen atoms in total. The molecule has 1 unspecified atom stereocenters. The lowest BCUT2D eigenvalue weighted by Gasteiger charge is -2.37. The molecule has 0 spiro atoms. The van der Waals surface area contributed by atoms with E-state index in [0.717, 1.165) is 12.8 Å². The molecule has 4 fully saturated rings. The number of carbonyl (C=O) groups is 2. The van der Waals surface area contributed by atoms with E-state index in [1.165, 1.54) is 25.7 Å². The van der Waals surface area contributed by atoms with Crippen molar-refractivity contribution >= 4 is 11.8 Å². The first-order valence-corrected chi connectivity index (χ1v) is 8.21. The van der Waals surface area contributed by atoms with Gasteiger partial charge in [-0.1, -0.05) is 0 Å². The summed E-state index contributed by atoms with van der Waals surface area (Å²) in [6.45, 7) is 2.59. The number of rotatable bonds is 4. The van der Waals surface area contributed by atoms with Crippen LogP contribution >= 0.6 is 0 Å². The standard InChI is InChI=1S/C16H24N2O2/c1-16(12-6-7-12)15(20)18(9-8-13(19)17-16)14(10-2-3-10)11-4-5-11/h10-12,14H,2-9H2,1H3,(H,17,19). The van der Waals surface area contributed by atoms with Crippen LogP contribution in [0.15, 0.2) is 0 Å². The van der Waals surface area contributed by atoms with Crippen molar-refractivity contribution in [3.8, 4) is 0 Å². The van der Waals surface area contributed by atoms with Crippen molar-refractivity contribution in [2.24, 2.45) is 17.8 Å². The maximum Gasteiger partial charge on any atom is 0.248 e. The summed E-state index contributed by atoms with van der Waals surface area (Å²) in [6, 6.07) is 0.424. The highest BCUT2D eigenvalue weighted by Crippen LogP contribution is 2.49. The third-order valence-electron chi connectivity index (χ3n) is 5.65. The second kappa shape index (κ2) is 4.22. The first-order chi connectivity index (χ1) is 9.59. The summed E-state index contributed by atoms with van der Waals surface area (Å²) < 4.78 is 0. The van der Waals surface area contributed by atoms with Gasteiger partial charge in [-0.2, -0.15) is 0 Å². The molecular formula is C16H24N2O2. The minimum Gasteiger partial charge on any atom is -0.342 e. The molecule has 1 N–H and O–H groups in total. The Morgan fingerprint density at radius 1 is 1.10 bits per heavy atom. The van der Waals surface area contributed by atoms with Crippen molar-refractivity contribution in [2.75, 3.05) is 6.54 Å². The van der Waals surface area contributed by atoms with Gasteiger partial charge in [0.25, 0.3) is 0 Å². The molecule has 0 aromatic rings. The fraction of sp³-hybridized carbons (Fsp3) is 0.875. The second-order valence-corrected chi connectivity index (χ2v) is 7.44. The van der Waals surface area contributed by atoms with Gasteiger partial charge in [0.05, 0.1) is 0 Å². The first-order valence-electron chi connectivity index (χ1n) is 8.21. The zero-order valence-corrected chi connectivity index (χ0v) is 12.2. The Kier molecular flexibility index (Phi) is 2.67. The van der Waals surface area contributed by atoms with E-state index in [2.05, 4.69) is 10.2 Å². The van der Waals surface area contributed by atoms with Crippen molar-refractivity contribution in [1.82, 2.24) is 10.2 Å². The maximum atomic E-state index is 13.1. The number of carbonyl (C=O) groups excluding carboxylic acids is 2. The molecule has 0 radical (unpaired) electrons. The molecule has 2 amide bonds. The van der Waals surface area contributed by atoms with Gasteiger partial charge in [0.15, 0.2) is 0 Å². The smallest absolute Gasteiger partial charge is 0.248 e. The molecule has 3 saturated carbocycles. The summed E-state index contributed by atoms with van der Waals surface area (Å²) in [7, 11) is 0. The Labute approximate surface area is 120 Å². The van der Waals surface area contributed by atoms with Gasteiger partial charge < -0.3 is 10.2 Å². The molecule has 110 valence electrons. The van der Waals surface area contributed by atoms with Crippen LogP contribution in [0.2, 0.25) is 0 Å². The van der Waals surface area contributed by atoms with Crippen LogP contribution < -0.4 is 5.32 Å². The summed E-state index contributed by atoms with van der Waals surface area (Å²) in [4.78, 5) is 27.2. The zero-order valence-electron chi connectivity index (χ0n) is 12.2. The SMILES string of the molecule is CC1(C2CC2)NC(=O)CCN(C(C2CC2)C2CC2)C1=O. The Hall–Kier alpha value is -1.06. The van der Waals surface area contributed by atoms with Crippen LogP contribution in [0.1, 0.15) is 51.9 Å². The van der Waals surface area contributed by atoms with Crippen LogP contribution in [0.25, 0.3) is 0 Å². The zero-order chi connectivity index (χ0) is 13.9. The Morgan fingerprint density at radius 3 is 2.20 bits per heavy atom. The van der Waals surface area contributed by atoms with Crippen molar-refractivity contribution in [3.63, 3.8) is 0 Å². The third kappa shape index (κ3) is 2.04. The topological polar surface area (TPSA) is 49.4 Å². The lowest BCUT2D eigenvalue weighted by atomic mass is 9.92. The fourth-order valence-corrected chi connectivity index (χ4v) is 4.02. The Balaban J connectivity index is 1.63. The monoisotopic (exact) mass is 276 g/mol. The van der Waals surface area contributed by atoms with Crippen molar-refractivity contribution in [2.45, 2.75) is 63.5 Å². The number of amides is 2. The summed E-state index contributed by atoms with van der Waals surface area (Å²) in [5, 5.41) is 3.04. The molecule has 0 bridgehead atoms. The predicted octanol–water partition coefficient (Wildman–Crippen LogP) is 1.69. The second-order valence-electron chi connectivity index (χ2n) is 7.44. The van der Waals surface area contributed by atoms with Crippen molar-refractivity contribution in [3.05, 3.63) is 0 Å². The van der Waals surface area contributed by atoms with E-state index in [4.69, 9.17) is 0 Å². The minimum absolute atomic E-state index is 0.0561. The molecule has 20 heavy (non-hydrogen) atoms. The summed E-state index contributed by atoms with van der Waals surface area (Å²) in [6.07, 6.45) is 7.71. The molecule has 1 atom stereocenters. The van der Waals surface area contributed by atoms with Crippen LogP contribution in [-0.4, -0.2) is 34.8 Å². The molecule has 0 aromatic heterocycles. The van der Waals surface area contributed by atoms with Gasteiger partial charge in [0.2, 0.25) is 11.8 Å². The van der Waals surface area contributed by atoms with Crippen LogP contribution in [-0.2, 0) is 9.59 Å². The summed E-state index contributed by atoms with van der Waals surface area (Å²) in [5.41, 5.74) is -0.629. The summed E-state index contributed by atoms with van der Waals surface area (Å²) in [5.74, 6) is 2.04. The Morgan fingerprint density at radius 2 is 1.70 bits per heavy atom. The highest BCUT2D eigenvalue weighted by Gasteiger charge is 2.55.